The molecular weight excluding hydrogens is 262 g/mol. The molecule has 0 aliphatic carbocycles. The molecule has 5 nitrogen and oxygen atoms in total. The van der Waals surface area contributed by atoms with Crippen molar-refractivity contribution in [2.24, 2.45) is 0 Å². The molecule has 21 heavy (non-hydrogen) atoms. The lowest BCUT2D eigenvalue weighted by Gasteiger charge is -2.29. The SMILES string of the molecule is CCCNC(C)c1ccnc(N2CCn3ccnc3C2)c1. The molecule has 0 fully saturated rings. The van der Waals surface area contributed by atoms with E-state index in [1.807, 2.05) is 18.6 Å². The van der Waals surface area contributed by atoms with Crippen molar-refractivity contribution < 1.29 is 0 Å². The van der Waals surface area contributed by atoms with Gasteiger partial charge in [-0.25, -0.2) is 9.97 Å². The third kappa shape index (κ3) is 3.08. The van der Waals surface area contributed by atoms with Gasteiger partial charge >= 0.3 is 0 Å². The summed E-state index contributed by atoms with van der Waals surface area (Å²) in [5.74, 6) is 2.16. The molecule has 1 aliphatic heterocycles. The summed E-state index contributed by atoms with van der Waals surface area (Å²) >= 11 is 0. The van der Waals surface area contributed by atoms with Crippen LogP contribution in [0, 0.1) is 0 Å². The normalized spacial score (nSPS) is 15.8. The second kappa shape index (κ2) is 6.26. The summed E-state index contributed by atoms with van der Waals surface area (Å²) in [6.07, 6.45) is 6.99. The molecule has 1 unspecified atom stereocenters. The molecular formula is C16H23N5. The highest BCUT2D eigenvalue weighted by Gasteiger charge is 2.18. The first-order valence-electron chi connectivity index (χ1n) is 7.72. The number of nitrogens with one attached hydrogen (secondary N) is 1. The van der Waals surface area contributed by atoms with Gasteiger partial charge < -0.3 is 14.8 Å². The number of hydrogen-bond acceptors (Lipinski definition) is 4. The van der Waals surface area contributed by atoms with Crippen LogP contribution in [-0.4, -0.2) is 27.6 Å². The van der Waals surface area contributed by atoms with Gasteiger partial charge in [0.05, 0.1) is 6.54 Å². The molecule has 5 heteroatoms. The number of rotatable bonds is 5. The summed E-state index contributed by atoms with van der Waals surface area (Å²) in [5.41, 5.74) is 1.29. The molecule has 0 bridgehead atoms. The first kappa shape index (κ1) is 14.1. The summed E-state index contributed by atoms with van der Waals surface area (Å²) in [4.78, 5) is 11.3. The van der Waals surface area contributed by atoms with Gasteiger partial charge in [0, 0.05) is 37.7 Å². The smallest absolute Gasteiger partial charge is 0.129 e. The van der Waals surface area contributed by atoms with Crippen molar-refractivity contribution in [3.05, 3.63) is 42.1 Å². The van der Waals surface area contributed by atoms with Crippen LogP contribution in [-0.2, 0) is 13.1 Å². The zero-order chi connectivity index (χ0) is 14.7. The average Bonchev–Trinajstić information content (AvgIpc) is 3.00. The Bertz CT molecular complexity index is 592. The number of fused-ring (bicyclic) bond motifs is 1. The highest BCUT2D eigenvalue weighted by atomic mass is 15.3. The van der Waals surface area contributed by atoms with Crippen molar-refractivity contribution in [3.63, 3.8) is 0 Å². The van der Waals surface area contributed by atoms with Crippen molar-refractivity contribution in [2.45, 2.75) is 39.4 Å². The van der Waals surface area contributed by atoms with Crippen LogP contribution in [0.2, 0.25) is 0 Å². The fourth-order valence-electron chi connectivity index (χ4n) is 2.72. The van der Waals surface area contributed by atoms with Crippen LogP contribution in [0.15, 0.2) is 30.7 Å². The Balaban J connectivity index is 1.74. The molecule has 0 saturated carbocycles. The highest BCUT2D eigenvalue weighted by Crippen LogP contribution is 2.21. The minimum Gasteiger partial charge on any atom is -0.347 e. The summed E-state index contributed by atoms with van der Waals surface area (Å²) in [6, 6.07) is 4.66. The predicted octanol–water partition coefficient (Wildman–Crippen LogP) is 2.36. The lowest BCUT2D eigenvalue weighted by molar-refractivity contribution is 0.552. The summed E-state index contributed by atoms with van der Waals surface area (Å²) < 4.78 is 2.21. The van der Waals surface area contributed by atoms with Crippen LogP contribution < -0.4 is 10.2 Å². The number of anilines is 1. The van der Waals surface area contributed by atoms with E-state index in [1.165, 1.54) is 5.56 Å². The van der Waals surface area contributed by atoms with Gasteiger partial charge in [0.25, 0.3) is 0 Å². The molecule has 0 amide bonds. The Morgan fingerprint density at radius 2 is 2.19 bits per heavy atom. The second-order valence-electron chi connectivity index (χ2n) is 5.58. The highest BCUT2D eigenvalue weighted by molar-refractivity contribution is 5.42. The van der Waals surface area contributed by atoms with Gasteiger partial charge in [0.1, 0.15) is 11.6 Å². The second-order valence-corrected chi connectivity index (χ2v) is 5.58. The minimum absolute atomic E-state index is 0.360. The molecule has 3 heterocycles. The zero-order valence-corrected chi connectivity index (χ0v) is 12.8. The topological polar surface area (TPSA) is 46.0 Å². The van der Waals surface area contributed by atoms with Crippen LogP contribution in [0.5, 0.6) is 0 Å². The fourth-order valence-corrected chi connectivity index (χ4v) is 2.72. The maximum absolute atomic E-state index is 4.54. The molecule has 2 aromatic rings. The van der Waals surface area contributed by atoms with Crippen LogP contribution in [0.3, 0.4) is 0 Å². The average molecular weight is 285 g/mol. The van der Waals surface area contributed by atoms with E-state index in [0.29, 0.717) is 6.04 Å². The number of nitrogens with zero attached hydrogens (tertiary/aromatic N) is 4. The molecule has 0 aromatic carbocycles. The quantitative estimate of drug-likeness (QED) is 0.916. The van der Waals surface area contributed by atoms with Crippen LogP contribution >= 0.6 is 0 Å². The van der Waals surface area contributed by atoms with Crippen molar-refractivity contribution >= 4 is 5.82 Å². The molecule has 0 spiro atoms. The zero-order valence-electron chi connectivity index (χ0n) is 12.8. The molecule has 3 rings (SSSR count). The van der Waals surface area contributed by atoms with Gasteiger partial charge in [-0.3, -0.25) is 0 Å². The molecule has 0 radical (unpaired) electrons. The van der Waals surface area contributed by atoms with E-state index in [2.05, 4.69) is 50.7 Å². The Labute approximate surface area is 126 Å². The third-order valence-corrected chi connectivity index (χ3v) is 4.04. The van der Waals surface area contributed by atoms with E-state index in [1.54, 1.807) is 0 Å². The Hall–Kier alpha value is -1.88. The van der Waals surface area contributed by atoms with E-state index in [4.69, 9.17) is 0 Å². The van der Waals surface area contributed by atoms with Crippen molar-refractivity contribution in [3.8, 4) is 0 Å². The Kier molecular flexibility index (Phi) is 4.20. The van der Waals surface area contributed by atoms with Crippen molar-refractivity contribution in [1.29, 1.82) is 0 Å². The number of pyridine rings is 1. The van der Waals surface area contributed by atoms with Crippen LogP contribution in [0.25, 0.3) is 0 Å². The van der Waals surface area contributed by atoms with Gasteiger partial charge in [0.2, 0.25) is 0 Å². The molecule has 112 valence electrons. The standard InChI is InChI=1S/C16H23N5/c1-3-5-17-13(2)14-4-6-18-15(11-14)21-10-9-20-8-7-19-16(20)12-21/h4,6-8,11,13,17H,3,5,9-10,12H2,1-2H3. The summed E-state index contributed by atoms with van der Waals surface area (Å²) in [6.45, 7) is 8.23. The van der Waals surface area contributed by atoms with Gasteiger partial charge in [-0.1, -0.05) is 6.92 Å². The molecule has 1 aliphatic rings. The molecule has 0 saturated heterocycles. The van der Waals surface area contributed by atoms with E-state index >= 15 is 0 Å². The van der Waals surface area contributed by atoms with Gasteiger partial charge in [0.15, 0.2) is 0 Å². The maximum Gasteiger partial charge on any atom is 0.129 e. The maximum atomic E-state index is 4.54. The number of imidazole rings is 1. The van der Waals surface area contributed by atoms with Gasteiger partial charge in [-0.2, -0.15) is 0 Å². The van der Waals surface area contributed by atoms with E-state index in [9.17, 15) is 0 Å². The van der Waals surface area contributed by atoms with Crippen molar-refractivity contribution in [1.82, 2.24) is 19.9 Å². The van der Waals surface area contributed by atoms with Crippen LogP contribution in [0.1, 0.15) is 37.7 Å². The summed E-state index contributed by atoms with van der Waals surface area (Å²) in [5, 5.41) is 3.53. The lowest BCUT2D eigenvalue weighted by Crippen LogP contribution is -2.34. The number of aromatic nitrogens is 3. The van der Waals surface area contributed by atoms with E-state index < -0.39 is 0 Å². The van der Waals surface area contributed by atoms with Crippen molar-refractivity contribution in [2.75, 3.05) is 18.0 Å². The Morgan fingerprint density at radius 3 is 3.05 bits per heavy atom. The molecule has 2 aromatic heterocycles. The fraction of sp³-hybridized carbons (Fsp3) is 0.500. The van der Waals surface area contributed by atoms with E-state index in [0.717, 1.165) is 44.2 Å². The van der Waals surface area contributed by atoms with Crippen LogP contribution in [0.4, 0.5) is 5.82 Å². The lowest BCUT2D eigenvalue weighted by atomic mass is 10.1. The first-order valence-corrected chi connectivity index (χ1v) is 7.72. The minimum atomic E-state index is 0.360. The predicted molar refractivity (Wildman–Crippen MR) is 84.2 cm³/mol. The Morgan fingerprint density at radius 1 is 1.29 bits per heavy atom. The number of hydrogen-bond donors (Lipinski definition) is 1. The molecule has 1 N–H and O–H groups in total. The summed E-state index contributed by atoms with van der Waals surface area (Å²) in [7, 11) is 0. The van der Waals surface area contributed by atoms with Gasteiger partial charge in [-0.15, -0.1) is 0 Å². The third-order valence-electron chi connectivity index (χ3n) is 4.04. The first-order chi connectivity index (χ1) is 10.3. The van der Waals surface area contributed by atoms with Gasteiger partial charge in [-0.05, 0) is 37.6 Å². The van der Waals surface area contributed by atoms with E-state index in [-0.39, 0.29) is 0 Å². The largest absolute Gasteiger partial charge is 0.347 e. The monoisotopic (exact) mass is 285 g/mol. The molecule has 1 atom stereocenters.